The molecule has 1 aromatic heterocycles. The lowest BCUT2D eigenvalue weighted by atomic mass is 10.2. The number of anilines is 1. The molecule has 3 rings (SSSR count). The zero-order valence-corrected chi connectivity index (χ0v) is 13.4. The number of aryl methyl sites for hydroxylation is 1. The molecule has 1 N–H and O–H groups in total. The van der Waals surface area contributed by atoms with E-state index in [1.165, 1.54) is 17.4 Å². The minimum Gasteiger partial charge on any atom is -0.298 e. The van der Waals surface area contributed by atoms with Gasteiger partial charge in [-0.05, 0) is 42.3 Å². The lowest BCUT2D eigenvalue weighted by Crippen LogP contribution is -2.07. The molecule has 0 spiro atoms. The molecule has 0 aliphatic carbocycles. The highest BCUT2D eigenvalue weighted by Gasteiger charge is 2.07. The molecule has 0 aliphatic rings. The van der Waals surface area contributed by atoms with Crippen molar-refractivity contribution in [3.8, 4) is 0 Å². The lowest BCUT2D eigenvalue weighted by Gasteiger charge is -1.96. The molecule has 0 saturated heterocycles. The first-order valence-electron chi connectivity index (χ1n) is 6.72. The van der Waals surface area contributed by atoms with Crippen LogP contribution in [0.4, 0.5) is 5.13 Å². The highest BCUT2D eigenvalue weighted by atomic mass is 35.5. The van der Waals surface area contributed by atoms with Crippen LogP contribution in [-0.2, 0) is 4.79 Å². The molecular weight excluding hydrogens is 316 g/mol. The number of fused-ring (bicyclic) bond motifs is 1. The predicted octanol–water partition coefficient (Wildman–Crippen LogP) is 4.91. The van der Waals surface area contributed by atoms with Crippen molar-refractivity contribution in [1.29, 1.82) is 0 Å². The molecule has 0 saturated carbocycles. The zero-order chi connectivity index (χ0) is 15.5. The second kappa shape index (κ2) is 6.30. The van der Waals surface area contributed by atoms with E-state index < -0.39 is 0 Å². The van der Waals surface area contributed by atoms with Crippen molar-refractivity contribution in [1.82, 2.24) is 4.98 Å². The van der Waals surface area contributed by atoms with Gasteiger partial charge in [-0.1, -0.05) is 47.2 Å². The van der Waals surface area contributed by atoms with Crippen LogP contribution in [0.2, 0.25) is 5.02 Å². The van der Waals surface area contributed by atoms with Crippen molar-refractivity contribution in [3.05, 3.63) is 64.7 Å². The Kier molecular flexibility index (Phi) is 4.22. The predicted molar refractivity (Wildman–Crippen MR) is 93.5 cm³/mol. The average Bonchev–Trinajstić information content (AvgIpc) is 2.90. The first kappa shape index (κ1) is 14.8. The third-order valence-electron chi connectivity index (χ3n) is 3.15. The van der Waals surface area contributed by atoms with Crippen LogP contribution in [0.15, 0.2) is 48.5 Å². The third-order valence-corrected chi connectivity index (χ3v) is 4.34. The standard InChI is InChI=1S/C17H13ClN2OS/c1-11-3-2-4-14-16(11)20-17(22-14)19-15(21)10-7-12-5-8-13(18)9-6-12/h2-10H,1H3,(H,19,20,21)/b10-7+. The Morgan fingerprint density at radius 3 is 2.73 bits per heavy atom. The lowest BCUT2D eigenvalue weighted by molar-refractivity contribution is -0.111. The summed E-state index contributed by atoms with van der Waals surface area (Å²) in [5, 5.41) is 4.07. The number of rotatable bonds is 3. The van der Waals surface area contributed by atoms with Gasteiger partial charge in [-0.3, -0.25) is 10.1 Å². The first-order valence-corrected chi connectivity index (χ1v) is 7.92. The molecule has 0 radical (unpaired) electrons. The molecule has 3 nitrogen and oxygen atoms in total. The van der Waals surface area contributed by atoms with E-state index in [0.717, 1.165) is 21.3 Å². The Morgan fingerprint density at radius 1 is 1.23 bits per heavy atom. The molecule has 1 heterocycles. The van der Waals surface area contributed by atoms with Crippen molar-refractivity contribution >= 4 is 50.3 Å². The molecule has 0 fully saturated rings. The van der Waals surface area contributed by atoms with Gasteiger partial charge in [-0.25, -0.2) is 4.98 Å². The van der Waals surface area contributed by atoms with E-state index in [0.29, 0.717) is 10.2 Å². The second-order valence-electron chi connectivity index (χ2n) is 4.81. The van der Waals surface area contributed by atoms with Gasteiger partial charge < -0.3 is 0 Å². The monoisotopic (exact) mass is 328 g/mol. The Morgan fingerprint density at radius 2 is 2.00 bits per heavy atom. The van der Waals surface area contributed by atoms with Crippen LogP contribution >= 0.6 is 22.9 Å². The molecule has 3 aromatic rings. The molecule has 0 unspecified atom stereocenters. The molecule has 5 heteroatoms. The number of carbonyl (C=O) groups excluding carboxylic acids is 1. The van der Waals surface area contributed by atoms with E-state index in [1.807, 2.05) is 37.3 Å². The van der Waals surface area contributed by atoms with Gasteiger partial charge in [0.15, 0.2) is 5.13 Å². The number of nitrogens with zero attached hydrogens (tertiary/aromatic N) is 1. The number of aromatic nitrogens is 1. The fourth-order valence-electron chi connectivity index (χ4n) is 2.03. The molecule has 0 bridgehead atoms. The van der Waals surface area contributed by atoms with Gasteiger partial charge in [0.05, 0.1) is 10.2 Å². The van der Waals surface area contributed by atoms with Gasteiger partial charge >= 0.3 is 0 Å². The van der Waals surface area contributed by atoms with E-state index in [4.69, 9.17) is 11.6 Å². The third kappa shape index (κ3) is 3.35. The number of carbonyl (C=O) groups is 1. The summed E-state index contributed by atoms with van der Waals surface area (Å²) in [7, 11) is 0. The minimum atomic E-state index is -0.202. The number of nitrogens with one attached hydrogen (secondary N) is 1. The van der Waals surface area contributed by atoms with Crippen molar-refractivity contribution in [3.63, 3.8) is 0 Å². The topological polar surface area (TPSA) is 42.0 Å². The van der Waals surface area contributed by atoms with Crippen LogP contribution in [0.25, 0.3) is 16.3 Å². The zero-order valence-electron chi connectivity index (χ0n) is 11.8. The maximum atomic E-state index is 12.0. The number of benzene rings is 2. The molecular formula is C17H13ClN2OS. The largest absolute Gasteiger partial charge is 0.298 e. The summed E-state index contributed by atoms with van der Waals surface area (Å²) in [6, 6.07) is 13.3. The average molecular weight is 329 g/mol. The Hall–Kier alpha value is -2.17. The molecule has 0 atom stereocenters. The minimum absolute atomic E-state index is 0.202. The van der Waals surface area contributed by atoms with Gasteiger partial charge in [0.2, 0.25) is 5.91 Å². The number of thiazole rings is 1. The van der Waals surface area contributed by atoms with Crippen molar-refractivity contribution in [2.24, 2.45) is 0 Å². The smallest absolute Gasteiger partial charge is 0.250 e. The highest BCUT2D eigenvalue weighted by Crippen LogP contribution is 2.27. The number of hydrogen-bond acceptors (Lipinski definition) is 3. The maximum absolute atomic E-state index is 12.0. The molecule has 22 heavy (non-hydrogen) atoms. The molecule has 0 aliphatic heterocycles. The van der Waals surface area contributed by atoms with Crippen LogP contribution in [0.3, 0.4) is 0 Å². The summed E-state index contributed by atoms with van der Waals surface area (Å²) in [5.41, 5.74) is 2.95. The summed E-state index contributed by atoms with van der Waals surface area (Å²) < 4.78 is 1.07. The SMILES string of the molecule is Cc1cccc2sc(NC(=O)/C=C/c3ccc(Cl)cc3)nc12. The van der Waals surface area contributed by atoms with Crippen LogP contribution in [-0.4, -0.2) is 10.9 Å². The van der Waals surface area contributed by atoms with E-state index in [1.54, 1.807) is 18.2 Å². The molecule has 110 valence electrons. The van der Waals surface area contributed by atoms with Gasteiger partial charge in [0.25, 0.3) is 0 Å². The van der Waals surface area contributed by atoms with Crippen molar-refractivity contribution in [2.45, 2.75) is 6.92 Å². The summed E-state index contributed by atoms with van der Waals surface area (Å²) >= 11 is 7.29. The Labute approximate surface area is 137 Å². The Bertz CT molecular complexity index is 853. The van der Waals surface area contributed by atoms with Crippen LogP contribution < -0.4 is 5.32 Å². The van der Waals surface area contributed by atoms with E-state index >= 15 is 0 Å². The van der Waals surface area contributed by atoms with E-state index in [2.05, 4.69) is 10.3 Å². The van der Waals surface area contributed by atoms with Gasteiger partial charge in [0.1, 0.15) is 0 Å². The summed E-state index contributed by atoms with van der Waals surface area (Å²) in [6.07, 6.45) is 3.23. The summed E-state index contributed by atoms with van der Waals surface area (Å²) in [5.74, 6) is -0.202. The highest BCUT2D eigenvalue weighted by molar-refractivity contribution is 7.22. The number of hydrogen-bond donors (Lipinski definition) is 1. The van der Waals surface area contributed by atoms with E-state index in [9.17, 15) is 4.79 Å². The van der Waals surface area contributed by atoms with Crippen LogP contribution in [0, 0.1) is 6.92 Å². The van der Waals surface area contributed by atoms with Crippen molar-refractivity contribution in [2.75, 3.05) is 5.32 Å². The van der Waals surface area contributed by atoms with Gasteiger partial charge in [0, 0.05) is 11.1 Å². The number of para-hydroxylation sites is 1. The number of halogens is 1. The van der Waals surface area contributed by atoms with Gasteiger partial charge in [-0.15, -0.1) is 0 Å². The normalized spacial score (nSPS) is 11.2. The second-order valence-corrected chi connectivity index (χ2v) is 6.28. The van der Waals surface area contributed by atoms with Crippen LogP contribution in [0.5, 0.6) is 0 Å². The molecule has 1 amide bonds. The van der Waals surface area contributed by atoms with Crippen molar-refractivity contribution < 1.29 is 4.79 Å². The number of amides is 1. The Balaban J connectivity index is 1.72. The summed E-state index contributed by atoms with van der Waals surface area (Å²) in [4.78, 5) is 16.4. The fourth-order valence-corrected chi connectivity index (χ4v) is 3.11. The molecule has 2 aromatic carbocycles. The maximum Gasteiger partial charge on any atom is 0.250 e. The van der Waals surface area contributed by atoms with Gasteiger partial charge in [-0.2, -0.15) is 0 Å². The van der Waals surface area contributed by atoms with Crippen LogP contribution in [0.1, 0.15) is 11.1 Å². The summed E-state index contributed by atoms with van der Waals surface area (Å²) in [6.45, 7) is 2.01. The first-order chi connectivity index (χ1) is 10.6. The van der Waals surface area contributed by atoms with E-state index in [-0.39, 0.29) is 5.91 Å². The fraction of sp³-hybridized carbons (Fsp3) is 0.0588. The quantitative estimate of drug-likeness (QED) is 0.694.